The van der Waals surface area contributed by atoms with Crippen LogP contribution < -0.4 is 0 Å². The molecule has 1 aromatic carbocycles. The molecule has 0 spiro atoms. The minimum absolute atomic E-state index is 0.0175. The summed E-state index contributed by atoms with van der Waals surface area (Å²) in [6.07, 6.45) is 3.98. The number of ketones is 1. The third-order valence-corrected chi connectivity index (χ3v) is 5.55. The number of hydrogen-bond acceptors (Lipinski definition) is 5. The van der Waals surface area contributed by atoms with E-state index in [1.807, 2.05) is 47.8 Å². The number of carbonyl (C=O) groups is 2. The van der Waals surface area contributed by atoms with Crippen LogP contribution in [0.3, 0.4) is 0 Å². The third-order valence-electron chi connectivity index (χ3n) is 4.67. The van der Waals surface area contributed by atoms with Crippen molar-refractivity contribution in [1.82, 2.24) is 9.78 Å². The van der Waals surface area contributed by atoms with Gasteiger partial charge in [0.25, 0.3) is 0 Å². The quantitative estimate of drug-likeness (QED) is 0.618. The second-order valence-electron chi connectivity index (χ2n) is 6.66. The lowest BCUT2D eigenvalue weighted by molar-refractivity contribution is -0.129. The molecule has 4 rings (SSSR count). The Kier molecular flexibility index (Phi) is 5.16. The normalized spacial score (nSPS) is 17.0. The monoisotopic (exact) mass is 380 g/mol. The molecule has 1 fully saturated rings. The van der Waals surface area contributed by atoms with Crippen LogP contribution in [-0.4, -0.2) is 27.6 Å². The van der Waals surface area contributed by atoms with Gasteiger partial charge in [0.2, 0.25) is 0 Å². The average molecular weight is 380 g/mol. The zero-order chi connectivity index (χ0) is 18.6. The van der Waals surface area contributed by atoms with E-state index < -0.39 is 12.1 Å². The van der Waals surface area contributed by atoms with Gasteiger partial charge in [0.15, 0.2) is 11.9 Å². The zero-order valence-corrected chi connectivity index (χ0v) is 15.7. The van der Waals surface area contributed by atoms with Crippen molar-refractivity contribution in [2.75, 3.05) is 0 Å². The Balaban J connectivity index is 1.61. The molecule has 1 aliphatic carbocycles. The molecule has 1 atom stereocenters. The van der Waals surface area contributed by atoms with E-state index in [1.54, 1.807) is 10.9 Å². The van der Waals surface area contributed by atoms with E-state index in [9.17, 15) is 9.59 Å². The third kappa shape index (κ3) is 4.01. The van der Waals surface area contributed by atoms with E-state index in [0.717, 1.165) is 23.3 Å². The van der Waals surface area contributed by atoms with Gasteiger partial charge in [-0.2, -0.15) is 5.10 Å². The van der Waals surface area contributed by atoms with Gasteiger partial charge in [0.05, 0.1) is 11.4 Å². The Labute approximate surface area is 161 Å². The van der Waals surface area contributed by atoms with Gasteiger partial charge in [-0.3, -0.25) is 9.48 Å². The largest absolute Gasteiger partial charge is 0.451 e. The molecular formula is C21H20N2O3S. The summed E-state index contributed by atoms with van der Waals surface area (Å²) < 4.78 is 7.31. The second-order valence-corrected chi connectivity index (χ2v) is 7.61. The minimum atomic E-state index is -0.625. The van der Waals surface area contributed by atoms with Crippen LogP contribution in [0.1, 0.15) is 41.6 Å². The van der Waals surface area contributed by atoms with Crippen LogP contribution in [0.25, 0.3) is 10.6 Å². The second kappa shape index (κ2) is 7.88. The van der Waals surface area contributed by atoms with E-state index in [0.29, 0.717) is 30.6 Å². The van der Waals surface area contributed by atoms with E-state index in [-0.39, 0.29) is 5.78 Å². The van der Waals surface area contributed by atoms with Crippen molar-refractivity contribution in [2.45, 2.75) is 38.3 Å². The molecule has 0 saturated heterocycles. The maximum absolute atomic E-state index is 12.8. The number of rotatable bonds is 5. The van der Waals surface area contributed by atoms with Crippen LogP contribution in [0, 0.1) is 0 Å². The van der Waals surface area contributed by atoms with Crippen molar-refractivity contribution in [2.24, 2.45) is 0 Å². The Morgan fingerprint density at radius 2 is 2.04 bits per heavy atom. The molecule has 138 valence electrons. The molecule has 6 heteroatoms. The molecule has 0 bridgehead atoms. The van der Waals surface area contributed by atoms with Crippen LogP contribution >= 0.6 is 11.3 Å². The van der Waals surface area contributed by atoms with Gasteiger partial charge in [-0.05, 0) is 36.3 Å². The fourth-order valence-electron chi connectivity index (χ4n) is 3.29. The van der Waals surface area contributed by atoms with Gasteiger partial charge in [-0.15, -0.1) is 11.3 Å². The number of Topliss-reactive ketones (excluding diaryl/α,β-unsaturated/α-hetero) is 1. The maximum Gasteiger partial charge on any atom is 0.342 e. The first kappa shape index (κ1) is 17.7. The van der Waals surface area contributed by atoms with Crippen molar-refractivity contribution in [3.8, 4) is 10.6 Å². The Bertz CT molecular complexity index is 932. The highest BCUT2D eigenvalue weighted by molar-refractivity contribution is 7.13. The Hall–Kier alpha value is -2.73. The highest BCUT2D eigenvalue weighted by atomic mass is 32.1. The van der Waals surface area contributed by atoms with E-state index in [4.69, 9.17) is 4.74 Å². The maximum atomic E-state index is 12.8. The summed E-state index contributed by atoms with van der Waals surface area (Å²) in [5.74, 6) is -0.457. The zero-order valence-electron chi connectivity index (χ0n) is 14.8. The molecular weight excluding hydrogens is 360 g/mol. The SMILES string of the molecule is O=C(O[C@@H]1CCCCC1=O)c1cn(Cc2ccccc2)nc1-c1cccs1. The fourth-order valence-corrected chi connectivity index (χ4v) is 4.01. The van der Waals surface area contributed by atoms with Crippen molar-refractivity contribution < 1.29 is 14.3 Å². The summed E-state index contributed by atoms with van der Waals surface area (Å²) in [6.45, 7) is 0.564. The lowest BCUT2D eigenvalue weighted by atomic mass is 9.96. The van der Waals surface area contributed by atoms with Gasteiger partial charge in [0, 0.05) is 12.6 Å². The van der Waals surface area contributed by atoms with Crippen molar-refractivity contribution >= 4 is 23.1 Å². The molecule has 1 saturated carbocycles. The predicted octanol–water partition coefficient (Wildman–Crippen LogP) is 4.33. The molecule has 5 nitrogen and oxygen atoms in total. The smallest absolute Gasteiger partial charge is 0.342 e. The van der Waals surface area contributed by atoms with Crippen molar-refractivity contribution in [3.63, 3.8) is 0 Å². The van der Waals surface area contributed by atoms with Gasteiger partial charge in [0.1, 0.15) is 11.3 Å². The standard InChI is InChI=1S/C21H20N2O3S/c24-17-9-4-5-10-18(17)26-21(25)16-14-23(13-15-7-2-1-3-8-15)22-20(16)19-11-6-12-27-19/h1-3,6-8,11-12,14,18H,4-5,9-10,13H2/t18-/m1/s1. The molecule has 2 aromatic heterocycles. The molecule has 3 aromatic rings. The number of benzene rings is 1. The summed E-state index contributed by atoms with van der Waals surface area (Å²) in [5, 5.41) is 6.57. The molecule has 0 amide bonds. The van der Waals surface area contributed by atoms with E-state index in [2.05, 4.69) is 5.10 Å². The average Bonchev–Trinajstić information content (AvgIpc) is 3.34. The number of ether oxygens (including phenoxy) is 1. The van der Waals surface area contributed by atoms with Crippen molar-refractivity contribution in [1.29, 1.82) is 0 Å². The van der Waals surface area contributed by atoms with Crippen LogP contribution in [0.5, 0.6) is 0 Å². The molecule has 0 aliphatic heterocycles. The highest BCUT2D eigenvalue weighted by Crippen LogP contribution is 2.28. The predicted molar refractivity (Wildman–Crippen MR) is 104 cm³/mol. The lowest BCUT2D eigenvalue weighted by Gasteiger charge is -2.20. The first-order valence-corrected chi connectivity index (χ1v) is 9.97. The number of esters is 1. The molecule has 0 unspecified atom stereocenters. The summed E-state index contributed by atoms with van der Waals surface area (Å²) in [4.78, 5) is 25.7. The summed E-state index contributed by atoms with van der Waals surface area (Å²) in [6, 6.07) is 13.8. The van der Waals surface area contributed by atoms with Crippen LogP contribution in [0.2, 0.25) is 0 Å². The summed E-state index contributed by atoms with van der Waals surface area (Å²) in [5.41, 5.74) is 2.11. The Morgan fingerprint density at radius 1 is 1.19 bits per heavy atom. The number of aromatic nitrogens is 2. The van der Waals surface area contributed by atoms with Crippen LogP contribution in [0.4, 0.5) is 0 Å². The number of carbonyl (C=O) groups excluding carboxylic acids is 2. The first-order valence-electron chi connectivity index (χ1n) is 9.09. The molecule has 1 aliphatic rings. The molecule has 2 heterocycles. The molecule has 27 heavy (non-hydrogen) atoms. The lowest BCUT2D eigenvalue weighted by Crippen LogP contribution is -2.30. The summed E-state index contributed by atoms with van der Waals surface area (Å²) in [7, 11) is 0. The number of nitrogens with zero attached hydrogens (tertiary/aromatic N) is 2. The first-order chi connectivity index (χ1) is 13.2. The molecule has 0 radical (unpaired) electrons. The summed E-state index contributed by atoms with van der Waals surface area (Å²) >= 11 is 1.52. The van der Waals surface area contributed by atoms with E-state index >= 15 is 0 Å². The minimum Gasteiger partial charge on any atom is -0.451 e. The fraction of sp³-hybridized carbons (Fsp3) is 0.286. The van der Waals surface area contributed by atoms with Gasteiger partial charge in [-0.25, -0.2) is 4.79 Å². The van der Waals surface area contributed by atoms with Crippen LogP contribution in [0.15, 0.2) is 54.0 Å². The van der Waals surface area contributed by atoms with Crippen molar-refractivity contribution in [3.05, 3.63) is 65.2 Å². The van der Waals surface area contributed by atoms with Gasteiger partial charge >= 0.3 is 5.97 Å². The van der Waals surface area contributed by atoms with Gasteiger partial charge in [-0.1, -0.05) is 36.4 Å². The highest BCUT2D eigenvalue weighted by Gasteiger charge is 2.28. The Morgan fingerprint density at radius 3 is 2.78 bits per heavy atom. The topological polar surface area (TPSA) is 61.2 Å². The van der Waals surface area contributed by atoms with Gasteiger partial charge < -0.3 is 4.74 Å². The number of thiophene rings is 1. The number of hydrogen-bond donors (Lipinski definition) is 0. The van der Waals surface area contributed by atoms with E-state index in [1.165, 1.54) is 11.3 Å². The van der Waals surface area contributed by atoms with Crippen LogP contribution in [-0.2, 0) is 16.1 Å². The molecule has 0 N–H and O–H groups in total.